The molecule has 2 aromatic rings. The molecule has 1 aliphatic rings. The van der Waals surface area contributed by atoms with E-state index in [1.807, 2.05) is 0 Å². The molecule has 190 valence electrons. The van der Waals surface area contributed by atoms with Crippen LogP contribution in [0, 0.1) is 35.0 Å². The zero-order valence-electron chi connectivity index (χ0n) is 17.6. The van der Waals surface area contributed by atoms with Crippen molar-refractivity contribution in [2.24, 2.45) is 5.92 Å². The van der Waals surface area contributed by atoms with Crippen molar-refractivity contribution in [1.82, 2.24) is 0 Å². The second-order valence-electron chi connectivity index (χ2n) is 7.68. The van der Waals surface area contributed by atoms with Gasteiger partial charge in [0.15, 0.2) is 6.10 Å². The first kappa shape index (κ1) is 26.2. The average molecular weight is 514 g/mol. The van der Waals surface area contributed by atoms with E-state index in [-0.39, 0.29) is 5.56 Å². The minimum Gasteiger partial charge on any atom is -0.432 e. The van der Waals surface area contributed by atoms with E-state index in [1.165, 1.54) is 13.8 Å². The highest BCUT2D eigenvalue weighted by Gasteiger charge is 2.49. The fourth-order valence-electron chi connectivity index (χ4n) is 3.17. The van der Waals surface area contributed by atoms with Crippen molar-refractivity contribution in [2.75, 3.05) is 0 Å². The summed E-state index contributed by atoms with van der Waals surface area (Å²) in [6.45, 7) is 2.58. The van der Waals surface area contributed by atoms with Gasteiger partial charge < -0.3 is 18.9 Å². The van der Waals surface area contributed by atoms with Gasteiger partial charge in [-0.3, -0.25) is 4.79 Å². The lowest BCUT2D eigenvalue weighted by Crippen LogP contribution is -2.38. The number of rotatable bonds is 6. The van der Waals surface area contributed by atoms with Gasteiger partial charge in [-0.2, -0.15) is 8.78 Å². The van der Waals surface area contributed by atoms with Gasteiger partial charge in [0.05, 0.1) is 5.92 Å². The zero-order chi connectivity index (χ0) is 26.3. The van der Waals surface area contributed by atoms with Crippen LogP contribution < -0.4 is 9.47 Å². The lowest BCUT2D eigenvalue weighted by Gasteiger charge is -2.21. The van der Waals surface area contributed by atoms with Crippen molar-refractivity contribution in [3.63, 3.8) is 0 Å². The molecule has 0 radical (unpaired) electrons. The first-order valence-corrected chi connectivity index (χ1v) is 9.58. The highest BCUT2D eigenvalue weighted by atomic mass is 19.4. The van der Waals surface area contributed by atoms with Crippen LogP contribution in [0.1, 0.15) is 19.4 Å². The van der Waals surface area contributed by atoms with Crippen LogP contribution in [-0.2, 0) is 25.5 Å². The maximum Gasteiger partial charge on any atom is 0.573 e. The maximum absolute atomic E-state index is 14.0. The Bertz CT molecular complexity index is 1120. The van der Waals surface area contributed by atoms with E-state index in [9.17, 15) is 44.7 Å². The molecule has 0 unspecified atom stereocenters. The van der Waals surface area contributed by atoms with E-state index < -0.39 is 83.1 Å². The molecule has 0 aliphatic carbocycles. The molecule has 6 nitrogen and oxygen atoms in total. The minimum absolute atomic E-state index is 0.0972. The number of hydrogen-bond acceptors (Lipinski definition) is 6. The second-order valence-corrected chi connectivity index (χ2v) is 7.68. The van der Waals surface area contributed by atoms with Crippen LogP contribution in [0.5, 0.6) is 11.5 Å². The molecule has 1 aliphatic heterocycles. The van der Waals surface area contributed by atoms with Crippen LogP contribution in [0.25, 0.3) is 0 Å². The summed E-state index contributed by atoms with van der Waals surface area (Å²) in [4.78, 5) is 25.0. The summed E-state index contributed by atoms with van der Waals surface area (Å²) < 4.78 is 124. The molecule has 0 spiro atoms. The Kier molecular flexibility index (Phi) is 6.97. The van der Waals surface area contributed by atoms with E-state index in [4.69, 9.17) is 9.47 Å². The quantitative estimate of drug-likeness (QED) is 0.183. The Morgan fingerprint density at radius 3 is 1.94 bits per heavy atom. The topological polar surface area (TPSA) is 71.1 Å². The number of benzene rings is 2. The van der Waals surface area contributed by atoms with Gasteiger partial charge in [-0.25, -0.2) is 18.0 Å². The first-order chi connectivity index (χ1) is 16.1. The van der Waals surface area contributed by atoms with Crippen LogP contribution >= 0.6 is 0 Å². The number of halogens is 8. The molecule has 3 rings (SSSR count). The summed E-state index contributed by atoms with van der Waals surface area (Å²) in [6, 6.07) is 3.91. The number of carbonyl (C=O) groups is 2. The lowest BCUT2D eigenvalue weighted by molar-refractivity contribution is -0.274. The second kappa shape index (κ2) is 9.32. The third kappa shape index (κ3) is 5.81. The van der Waals surface area contributed by atoms with Gasteiger partial charge >= 0.3 is 18.3 Å². The molecule has 1 heterocycles. The molecule has 1 fully saturated rings. The third-order valence-electron chi connectivity index (χ3n) is 4.64. The highest BCUT2D eigenvalue weighted by Crippen LogP contribution is 2.34. The molecule has 1 saturated heterocycles. The van der Waals surface area contributed by atoms with Crippen LogP contribution in [0.4, 0.5) is 35.1 Å². The van der Waals surface area contributed by atoms with Gasteiger partial charge in [-0.15, -0.1) is 13.2 Å². The summed E-state index contributed by atoms with van der Waals surface area (Å²) in [7, 11) is 0. The van der Waals surface area contributed by atoms with Gasteiger partial charge in [0, 0.05) is 13.8 Å². The molecular formula is C21H14F8O6. The van der Waals surface area contributed by atoms with Crippen LogP contribution in [-0.4, -0.2) is 30.2 Å². The fourth-order valence-corrected chi connectivity index (χ4v) is 3.17. The molecule has 2 aromatic carbocycles. The SMILES string of the molecule is CC1(C)OC(=O)[C@H]([C@@H](Cc2ccc(OC(F)(F)F)cc2)C(=O)Oc2c(F)c(F)c(F)c(F)c2F)O1. The van der Waals surface area contributed by atoms with Crippen molar-refractivity contribution < 1.29 is 63.7 Å². The molecule has 0 aromatic heterocycles. The molecule has 14 heteroatoms. The Balaban J connectivity index is 1.93. The predicted molar refractivity (Wildman–Crippen MR) is 97.2 cm³/mol. The number of ether oxygens (including phenoxy) is 4. The Hall–Kier alpha value is -3.42. The van der Waals surface area contributed by atoms with Crippen molar-refractivity contribution in [3.8, 4) is 11.5 Å². The van der Waals surface area contributed by atoms with E-state index in [2.05, 4.69) is 9.47 Å². The minimum atomic E-state index is -4.98. The molecule has 0 amide bonds. The molecule has 0 bridgehead atoms. The number of cyclic esters (lactones) is 1. The summed E-state index contributed by atoms with van der Waals surface area (Å²) in [5.41, 5.74) is 0.0972. The zero-order valence-corrected chi connectivity index (χ0v) is 17.6. The van der Waals surface area contributed by atoms with Gasteiger partial charge in [-0.05, 0) is 24.1 Å². The number of hydrogen-bond donors (Lipinski definition) is 0. The number of carbonyl (C=O) groups excluding carboxylic acids is 2. The van der Waals surface area contributed by atoms with E-state index in [0.717, 1.165) is 24.3 Å². The Morgan fingerprint density at radius 2 is 1.49 bits per heavy atom. The van der Waals surface area contributed by atoms with Gasteiger partial charge in [-0.1, -0.05) is 12.1 Å². The van der Waals surface area contributed by atoms with Gasteiger partial charge in [0.1, 0.15) is 5.75 Å². The number of alkyl halides is 3. The highest BCUT2D eigenvalue weighted by molar-refractivity contribution is 5.86. The third-order valence-corrected chi connectivity index (χ3v) is 4.64. The van der Waals surface area contributed by atoms with Crippen molar-refractivity contribution >= 4 is 11.9 Å². The van der Waals surface area contributed by atoms with E-state index >= 15 is 0 Å². The molecular weight excluding hydrogens is 500 g/mol. The van der Waals surface area contributed by atoms with E-state index in [1.54, 1.807) is 0 Å². The van der Waals surface area contributed by atoms with Crippen molar-refractivity contribution in [2.45, 2.75) is 38.5 Å². The maximum atomic E-state index is 14.0. The standard InChI is InChI=1S/C21H14F8O6/c1-20(2)34-16(19(31)35-20)10(7-8-3-5-9(6-4-8)33-21(27,28)29)18(30)32-17-14(25)12(23)11(22)13(24)15(17)26/h3-6,10,16H,7H2,1-2H3/t10-,16+/m1/s1. The first-order valence-electron chi connectivity index (χ1n) is 9.58. The smallest absolute Gasteiger partial charge is 0.432 e. The molecule has 0 saturated carbocycles. The van der Waals surface area contributed by atoms with Crippen LogP contribution in [0.15, 0.2) is 24.3 Å². The molecule has 0 N–H and O–H groups in total. The van der Waals surface area contributed by atoms with Gasteiger partial charge in [0.25, 0.3) is 0 Å². The lowest BCUT2D eigenvalue weighted by atomic mass is 9.93. The van der Waals surface area contributed by atoms with Crippen molar-refractivity contribution in [1.29, 1.82) is 0 Å². The summed E-state index contributed by atoms with van der Waals surface area (Å²) >= 11 is 0. The van der Waals surface area contributed by atoms with Crippen molar-refractivity contribution in [3.05, 3.63) is 58.9 Å². The molecule has 2 atom stereocenters. The molecule has 35 heavy (non-hydrogen) atoms. The number of esters is 2. The Labute approximate surface area is 191 Å². The van der Waals surface area contributed by atoms with E-state index in [0.29, 0.717) is 0 Å². The largest absolute Gasteiger partial charge is 0.573 e. The summed E-state index contributed by atoms with van der Waals surface area (Å²) in [5, 5.41) is 0. The Morgan fingerprint density at radius 1 is 0.971 bits per heavy atom. The normalized spacial score (nSPS) is 18.2. The van der Waals surface area contributed by atoms with Gasteiger partial charge in [0.2, 0.25) is 40.6 Å². The predicted octanol–water partition coefficient (Wildman–Crippen LogP) is 4.72. The van der Waals surface area contributed by atoms with Crippen LogP contribution in [0.2, 0.25) is 0 Å². The summed E-state index contributed by atoms with van der Waals surface area (Å²) in [5.74, 6) is -20.7. The fraction of sp³-hybridized carbons (Fsp3) is 0.333. The summed E-state index contributed by atoms with van der Waals surface area (Å²) in [6.07, 6.45) is -7.25. The van der Waals surface area contributed by atoms with Crippen LogP contribution in [0.3, 0.4) is 0 Å². The average Bonchev–Trinajstić information content (AvgIpc) is 3.04. The monoisotopic (exact) mass is 514 g/mol.